The van der Waals surface area contributed by atoms with Gasteiger partial charge in [-0.05, 0) is 19.3 Å². The zero-order chi connectivity index (χ0) is 14.9. The van der Waals surface area contributed by atoms with Crippen molar-refractivity contribution in [2.75, 3.05) is 26.4 Å². The Kier molecular flexibility index (Phi) is 9.55. The van der Waals surface area contributed by atoms with Crippen molar-refractivity contribution in [3.63, 3.8) is 0 Å². The Morgan fingerprint density at radius 2 is 1.53 bits per heavy atom. The van der Waals surface area contributed by atoms with Gasteiger partial charge in [0.05, 0.1) is 29.8 Å². The van der Waals surface area contributed by atoms with Gasteiger partial charge in [0.1, 0.15) is 0 Å². The van der Waals surface area contributed by atoms with Crippen LogP contribution in [0.1, 0.15) is 25.7 Å². The van der Waals surface area contributed by atoms with E-state index in [4.69, 9.17) is 20.1 Å². The average Bonchev–Trinajstić information content (AvgIpc) is 2.34. The number of hydrogen-bond donors (Lipinski definition) is 6. The molecule has 0 aliphatic heterocycles. The number of aliphatic hydroxyl groups is 3. The highest BCUT2D eigenvalue weighted by molar-refractivity contribution is 8.16. The van der Waals surface area contributed by atoms with Crippen molar-refractivity contribution < 1.29 is 24.9 Å². The minimum atomic E-state index is -1.00. The van der Waals surface area contributed by atoms with E-state index in [-0.39, 0.29) is 45.2 Å². The molecular formula is C11H22O5S3. The van der Waals surface area contributed by atoms with Crippen LogP contribution < -0.4 is 0 Å². The third kappa shape index (κ3) is 9.04. The Balaban J connectivity index is 3.85. The van der Waals surface area contributed by atoms with Crippen LogP contribution in [0.3, 0.4) is 0 Å². The number of hydrogen-bond acceptors (Lipinski definition) is 8. The number of aliphatic hydroxyl groups excluding tert-OH is 3. The van der Waals surface area contributed by atoms with Gasteiger partial charge < -0.3 is 20.1 Å². The number of ether oxygens (including phenoxy) is 1. The van der Waals surface area contributed by atoms with E-state index in [1.807, 2.05) is 0 Å². The molecule has 0 aliphatic carbocycles. The summed E-state index contributed by atoms with van der Waals surface area (Å²) < 4.78 is 4.26. The van der Waals surface area contributed by atoms with Crippen LogP contribution in [0.15, 0.2) is 0 Å². The summed E-state index contributed by atoms with van der Waals surface area (Å²) >= 11 is 12.3. The Bertz CT molecular complexity index is 255. The van der Waals surface area contributed by atoms with Crippen molar-refractivity contribution in [2.24, 2.45) is 5.41 Å². The molecule has 0 fully saturated rings. The SMILES string of the molecule is O=C(CCCC(S)(S)S)OCCC(CO)(CO)CO. The minimum Gasteiger partial charge on any atom is -0.466 e. The highest BCUT2D eigenvalue weighted by Gasteiger charge is 2.28. The van der Waals surface area contributed by atoms with E-state index in [9.17, 15) is 4.79 Å². The second-order valence-corrected chi connectivity index (χ2v) is 7.92. The molecule has 5 nitrogen and oxygen atoms in total. The van der Waals surface area contributed by atoms with Gasteiger partial charge in [-0.1, -0.05) is 0 Å². The highest BCUT2D eigenvalue weighted by atomic mass is 32.2. The fourth-order valence-corrected chi connectivity index (χ4v) is 1.78. The van der Waals surface area contributed by atoms with Gasteiger partial charge in [-0.3, -0.25) is 4.79 Å². The van der Waals surface area contributed by atoms with Crippen LogP contribution in [0.4, 0.5) is 0 Å². The van der Waals surface area contributed by atoms with Gasteiger partial charge in [-0.15, -0.1) is 0 Å². The molecule has 3 N–H and O–H groups in total. The Hall–Kier alpha value is 0.400. The van der Waals surface area contributed by atoms with E-state index in [1.165, 1.54) is 0 Å². The molecule has 0 heterocycles. The first-order chi connectivity index (χ1) is 8.78. The first-order valence-corrected chi connectivity index (χ1v) is 7.28. The number of carbonyl (C=O) groups excluding carboxylic acids is 1. The molecule has 0 saturated heterocycles. The minimum absolute atomic E-state index is 0.0499. The van der Waals surface area contributed by atoms with Crippen LogP contribution in [0, 0.1) is 5.41 Å². The predicted octanol–water partition coefficient (Wildman–Crippen LogP) is 0.496. The molecule has 0 radical (unpaired) electrons. The van der Waals surface area contributed by atoms with E-state index >= 15 is 0 Å². The summed E-state index contributed by atoms with van der Waals surface area (Å²) in [6, 6.07) is 0. The normalized spacial score (nSPS) is 12.5. The Labute approximate surface area is 130 Å². The van der Waals surface area contributed by atoms with Crippen molar-refractivity contribution in [3.05, 3.63) is 0 Å². The van der Waals surface area contributed by atoms with E-state index < -0.39 is 8.83 Å². The molecule has 0 bridgehead atoms. The molecule has 0 amide bonds. The molecule has 0 atom stereocenters. The number of esters is 1. The topological polar surface area (TPSA) is 87.0 Å². The summed E-state index contributed by atoms with van der Waals surface area (Å²) in [7, 11) is 0. The summed E-state index contributed by atoms with van der Waals surface area (Å²) in [5, 5.41) is 27.3. The molecule has 0 rings (SSSR count). The zero-order valence-electron chi connectivity index (χ0n) is 10.7. The molecule has 0 unspecified atom stereocenters. The number of rotatable bonds is 10. The lowest BCUT2D eigenvalue weighted by Crippen LogP contribution is -2.35. The van der Waals surface area contributed by atoms with Gasteiger partial charge >= 0.3 is 5.97 Å². The highest BCUT2D eigenvalue weighted by Crippen LogP contribution is 2.30. The van der Waals surface area contributed by atoms with E-state index in [1.54, 1.807) is 0 Å². The standard InChI is InChI=1S/C11H22O5S3/c12-6-10(7-13,8-14)4-5-16-9(15)2-1-3-11(17,18)19/h12-14,17-19H,1-8H2. The number of thiol groups is 3. The molecule has 0 aliphatic rings. The number of carbonyl (C=O) groups is 1. The van der Waals surface area contributed by atoms with Crippen LogP contribution in [0.2, 0.25) is 0 Å². The van der Waals surface area contributed by atoms with Crippen molar-refractivity contribution in [3.8, 4) is 0 Å². The van der Waals surface area contributed by atoms with Crippen LogP contribution in [-0.4, -0.2) is 51.1 Å². The largest absolute Gasteiger partial charge is 0.466 e. The van der Waals surface area contributed by atoms with Crippen LogP contribution >= 0.6 is 37.9 Å². The van der Waals surface area contributed by atoms with Gasteiger partial charge in [0.2, 0.25) is 0 Å². The molecule has 0 aromatic heterocycles. The van der Waals surface area contributed by atoms with Crippen molar-refractivity contribution in [1.29, 1.82) is 0 Å². The van der Waals surface area contributed by atoms with Crippen LogP contribution in [0.25, 0.3) is 0 Å². The summed E-state index contributed by atoms with van der Waals surface area (Å²) in [4.78, 5) is 11.4. The van der Waals surface area contributed by atoms with E-state index in [0.29, 0.717) is 12.8 Å². The first-order valence-electron chi connectivity index (χ1n) is 5.94. The van der Waals surface area contributed by atoms with Gasteiger partial charge in [0, 0.05) is 11.8 Å². The maximum Gasteiger partial charge on any atom is 0.305 e. The molecule has 0 aromatic carbocycles. The Morgan fingerprint density at radius 1 is 1.00 bits per heavy atom. The maximum atomic E-state index is 11.4. The lowest BCUT2D eigenvalue weighted by atomic mass is 9.88. The monoisotopic (exact) mass is 330 g/mol. The molecule has 114 valence electrons. The van der Waals surface area contributed by atoms with E-state index in [0.717, 1.165) is 0 Å². The zero-order valence-corrected chi connectivity index (χ0v) is 13.3. The van der Waals surface area contributed by atoms with Gasteiger partial charge in [-0.2, -0.15) is 37.9 Å². The van der Waals surface area contributed by atoms with Crippen LogP contribution in [-0.2, 0) is 9.53 Å². The Morgan fingerprint density at radius 3 is 1.95 bits per heavy atom. The smallest absolute Gasteiger partial charge is 0.305 e. The maximum absolute atomic E-state index is 11.4. The molecule has 19 heavy (non-hydrogen) atoms. The molecule has 0 saturated carbocycles. The van der Waals surface area contributed by atoms with Crippen molar-refractivity contribution >= 4 is 43.9 Å². The fraction of sp³-hybridized carbons (Fsp3) is 0.909. The molecule has 0 aromatic rings. The third-order valence-corrected chi connectivity index (χ3v) is 3.47. The summed E-state index contributed by atoms with van der Waals surface area (Å²) in [6.07, 6.45) is 1.54. The predicted molar refractivity (Wildman–Crippen MR) is 82.8 cm³/mol. The van der Waals surface area contributed by atoms with Crippen molar-refractivity contribution in [2.45, 2.75) is 29.1 Å². The quantitative estimate of drug-likeness (QED) is 0.200. The van der Waals surface area contributed by atoms with Gasteiger partial charge in [0.25, 0.3) is 0 Å². The average molecular weight is 330 g/mol. The summed E-state index contributed by atoms with van der Waals surface area (Å²) in [5.74, 6) is -0.373. The van der Waals surface area contributed by atoms with Crippen LogP contribution in [0.5, 0.6) is 0 Å². The lowest BCUT2D eigenvalue weighted by molar-refractivity contribution is -0.145. The van der Waals surface area contributed by atoms with Crippen molar-refractivity contribution in [1.82, 2.24) is 0 Å². The molecule has 8 heteroatoms. The fourth-order valence-electron chi connectivity index (χ4n) is 1.31. The van der Waals surface area contributed by atoms with Gasteiger partial charge in [0.15, 0.2) is 0 Å². The first kappa shape index (κ1) is 19.4. The lowest BCUT2D eigenvalue weighted by Gasteiger charge is -2.26. The van der Waals surface area contributed by atoms with E-state index in [2.05, 4.69) is 37.9 Å². The summed E-state index contributed by atoms with van der Waals surface area (Å²) in [6.45, 7) is -1.04. The third-order valence-electron chi connectivity index (χ3n) is 2.79. The van der Waals surface area contributed by atoms with Gasteiger partial charge in [-0.25, -0.2) is 0 Å². The summed E-state index contributed by atoms with van der Waals surface area (Å²) in [5.41, 5.74) is -1.00. The second kappa shape index (κ2) is 9.36. The second-order valence-electron chi connectivity index (χ2n) is 4.57. The molecular weight excluding hydrogens is 308 g/mol. The molecule has 0 spiro atoms.